The normalized spacial score (nSPS) is 28.7. The third-order valence-electron chi connectivity index (χ3n) is 3.52. The molecule has 4 nitrogen and oxygen atoms in total. The fraction of sp³-hybridized carbons (Fsp3) is 0.538. The Bertz CT molecular complexity index is 389. The second-order valence-electron chi connectivity index (χ2n) is 5.03. The molecule has 0 radical (unpaired) electrons. The number of nitrogens with two attached hydrogens (primary N) is 1. The van der Waals surface area contributed by atoms with Gasteiger partial charge in [-0.3, -0.25) is 9.78 Å². The smallest absolute Gasteiger partial charge is 0.229 e. The number of anilines is 1. The summed E-state index contributed by atoms with van der Waals surface area (Å²) in [5.41, 5.74) is 6.61. The molecule has 4 heteroatoms. The summed E-state index contributed by atoms with van der Waals surface area (Å²) in [6, 6.07) is 3.57. The Morgan fingerprint density at radius 2 is 2.18 bits per heavy atom. The summed E-state index contributed by atoms with van der Waals surface area (Å²) in [6.45, 7) is 1.98. The summed E-state index contributed by atoms with van der Waals surface area (Å²) in [7, 11) is 0. The van der Waals surface area contributed by atoms with Crippen LogP contribution in [0.25, 0.3) is 0 Å². The monoisotopic (exact) mass is 233 g/mol. The van der Waals surface area contributed by atoms with Crippen molar-refractivity contribution < 1.29 is 4.79 Å². The third kappa shape index (κ3) is 2.82. The van der Waals surface area contributed by atoms with E-state index in [0.717, 1.165) is 31.4 Å². The van der Waals surface area contributed by atoms with Gasteiger partial charge in [-0.25, -0.2) is 0 Å². The highest BCUT2D eigenvalue weighted by molar-refractivity contribution is 5.93. The predicted octanol–water partition coefficient (Wildman–Crippen LogP) is 1.93. The van der Waals surface area contributed by atoms with E-state index in [1.807, 2.05) is 6.92 Å². The first-order valence-electron chi connectivity index (χ1n) is 6.09. The number of pyridine rings is 1. The second kappa shape index (κ2) is 4.84. The quantitative estimate of drug-likeness (QED) is 0.820. The van der Waals surface area contributed by atoms with Crippen molar-refractivity contribution in [3.63, 3.8) is 0 Å². The van der Waals surface area contributed by atoms with Crippen molar-refractivity contribution in [2.45, 2.75) is 38.1 Å². The summed E-state index contributed by atoms with van der Waals surface area (Å²) in [6.07, 6.45) is 7.33. The van der Waals surface area contributed by atoms with E-state index < -0.39 is 0 Å². The maximum Gasteiger partial charge on any atom is 0.229 e. The first-order chi connectivity index (χ1) is 8.09. The molecule has 2 atom stereocenters. The molecule has 1 amide bonds. The second-order valence-corrected chi connectivity index (χ2v) is 5.03. The van der Waals surface area contributed by atoms with Crippen LogP contribution in [0.2, 0.25) is 0 Å². The lowest BCUT2D eigenvalue weighted by molar-refractivity contribution is -0.122. The predicted molar refractivity (Wildman–Crippen MR) is 67.4 cm³/mol. The van der Waals surface area contributed by atoms with Crippen LogP contribution in [0.5, 0.6) is 0 Å². The van der Waals surface area contributed by atoms with Gasteiger partial charge in [-0.15, -0.1) is 0 Å². The van der Waals surface area contributed by atoms with Gasteiger partial charge in [0.2, 0.25) is 5.91 Å². The van der Waals surface area contributed by atoms with E-state index in [0.29, 0.717) is 0 Å². The molecule has 1 aromatic heterocycles. The molecule has 17 heavy (non-hydrogen) atoms. The van der Waals surface area contributed by atoms with Gasteiger partial charge in [-0.05, 0) is 31.9 Å². The van der Waals surface area contributed by atoms with E-state index in [9.17, 15) is 4.79 Å². The molecular weight excluding hydrogens is 214 g/mol. The highest BCUT2D eigenvalue weighted by Crippen LogP contribution is 2.32. The lowest BCUT2D eigenvalue weighted by Crippen LogP contribution is -2.51. The molecule has 0 saturated heterocycles. The lowest BCUT2D eigenvalue weighted by Gasteiger charge is -2.37. The Labute approximate surface area is 102 Å². The zero-order valence-electron chi connectivity index (χ0n) is 10.1. The number of amides is 1. The molecular formula is C13H19N3O. The van der Waals surface area contributed by atoms with Crippen LogP contribution in [0.1, 0.15) is 32.6 Å². The highest BCUT2D eigenvalue weighted by Gasteiger charge is 2.37. The Balaban J connectivity index is 2.04. The number of hydrogen-bond acceptors (Lipinski definition) is 3. The fourth-order valence-corrected chi connectivity index (χ4v) is 2.45. The van der Waals surface area contributed by atoms with Gasteiger partial charge in [-0.2, -0.15) is 0 Å². The fourth-order valence-electron chi connectivity index (χ4n) is 2.45. The number of nitrogens with one attached hydrogen (secondary N) is 1. The summed E-state index contributed by atoms with van der Waals surface area (Å²) in [5.74, 6) is -0.0645. The van der Waals surface area contributed by atoms with Crippen LogP contribution in [-0.4, -0.2) is 16.4 Å². The molecule has 0 aliphatic heterocycles. The molecule has 3 N–H and O–H groups in total. The van der Waals surface area contributed by atoms with Crippen LogP contribution in [0.15, 0.2) is 24.5 Å². The molecule has 0 spiro atoms. The van der Waals surface area contributed by atoms with Gasteiger partial charge in [-0.1, -0.05) is 12.8 Å². The number of aromatic nitrogens is 1. The minimum atomic E-state index is -0.380. The molecule has 1 aromatic rings. The highest BCUT2D eigenvalue weighted by atomic mass is 16.1. The van der Waals surface area contributed by atoms with E-state index in [4.69, 9.17) is 5.73 Å². The zero-order valence-corrected chi connectivity index (χ0v) is 10.1. The van der Waals surface area contributed by atoms with Crippen molar-refractivity contribution in [1.82, 2.24) is 4.98 Å². The number of carbonyl (C=O) groups is 1. The molecule has 92 valence electrons. The van der Waals surface area contributed by atoms with Crippen LogP contribution in [0.3, 0.4) is 0 Å². The standard InChI is InChI=1S/C13H19N3O/c1-13(14)7-3-2-4-11(13)12(17)16-10-5-8-15-9-6-10/h5-6,8-9,11H,2-4,7,14H2,1H3,(H,15,16,17). The van der Waals surface area contributed by atoms with E-state index >= 15 is 0 Å². The Hall–Kier alpha value is -1.42. The zero-order chi connectivity index (χ0) is 12.3. The van der Waals surface area contributed by atoms with Crippen molar-refractivity contribution in [2.24, 2.45) is 11.7 Å². The minimum absolute atomic E-state index is 0.0286. The van der Waals surface area contributed by atoms with Crippen molar-refractivity contribution in [3.8, 4) is 0 Å². The SMILES string of the molecule is CC1(N)CCCCC1C(=O)Nc1ccncc1. The average Bonchev–Trinajstić information content (AvgIpc) is 2.29. The summed E-state index contributed by atoms with van der Waals surface area (Å²) in [4.78, 5) is 16.1. The van der Waals surface area contributed by atoms with Crippen LogP contribution in [-0.2, 0) is 4.79 Å². The number of hydrogen-bond donors (Lipinski definition) is 2. The molecule has 1 fully saturated rings. The molecule has 2 unspecified atom stereocenters. The number of carbonyl (C=O) groups excluding carboxylic acids is 1. The van der Waals surface area contributed by atoms with Crippen molar-refractivity contribution in [2.75, 3.05) is 5.32 Å². The molecule has 1 aliphatic rings. The average molecular weight is 233 g/mol. The number of rotatable bonds is 2. The Morgan fingerprint density at radius 3 is 2.82 bits per heavy atom. The summed E-state index contributed by atoms with van der Waals surface area (Å²) in [5, 5.41) is 2.91. The van der Waals surface area contributed by atoms with E-state index in [1.54, 1.807) is 24.5 Å². The number of nitrogens with zero attached hydrogens (tertiary/aromatic N) is 1. The van der Waals surface area contributed by atoms with Gasteiger partial charge in [0.15, 0.2) is 0 Å². The van der Waals surface area contributed by atoms with Gasteiger partial charge < -0.3 is 11.1 Å². The molecule has 1 heterocycles. The Morgan fingerprint density at radius 1 is 1.47 bits per heavy atom. The lowest BCUT2D eigenvalue weighted by atomic mass is 9.74. The van der Waals surface area contributed by atoms with E-state index in [-0.39, 0.29) is 17.4 Å². The van der Waals surface area contributed by atoms with Crippen LogP contribution in [0.4, 0.5) is 5.69 Å². The third-order valence-corrected chi connectivity index (χ3v) is 3.52. The van der Waals surface area contributed by atoms with Crippen LogP contribution < -0.4 is 11.1 Å². The Kier molecular flexibility index (Phi) is 3.43. The first-order valence-corrected chi connectivity index (χ1v) is 6.09. The van der Waals surface area contributed by atoms with Gasteiger partial charge in [0.1, 0.15) is 0 Å². The van der Waals surface area contributed by atoms with E-state index in [2.05, 4.69) is 10.3 Å². The van der Waals surface area contributed by atoms with Crippen molar-refractivity contribution in [1.29, 1.82) is 0 Å². The van der Waals surface area contributed by atoms with Gasteiger partial charge in [0.05, 0.1) is 5.92 Å². The molecule has 0 bridgehead atoms. The van der Waals surface area contributed by atoms with Crippen LogP contribution in [0, 0.1) is 5.92 Å². The molecule has 1 aliphatic carbocycles. The summed E-state index contributed by atoms with van der Waals surface area (Å²) >= 11 is 0. The topological polar surface area (TPSA) is 68.0 Å². The van der Waals surface area contributed by atoms with Crippen molar-refractivity contribution in [3.05, 3.63) is 24.5 Å². The largest absolute Gasteiger partial charge is 0.326 e. The maximum atomic E-state index is 12.2. The molecule has 1 saturated carbocycles. The van der Waals surface area contributed by atoms with Gasteiger partial charge >= 0.3 is 0 Å². The minimum Gasteiger partial charge on any atom is -0.326 e. The van der Waals surface area contributed by atoms with Gasteiger partial charge in [0.25, 0.3) is 0 Å². The van der Waals surface area contributed by atoms with Crippen LogP contribution >= 0.6 is 0 Å². The molecule has 2 rings (SSSR count). The maximum absolute atomic E-state index is 12.2. The molecule has 0 aromatic carbocycles. The van der Waals surface area contributed by atoms with Gasteiger partial charge in [0, 0.05) is 23.6 Å². The van der Waals surface area contributed by atoms with E-state index in [1.165, 1.54) is 0 Å². The van der Waals surface area contributed by atoms with Crippen molar-refractivity contribution >= 4 is 11.6 Å². The summed E-state index contributed by atoms with van der Waals surface area (Å²) < 4.78 is 0. The first kappa shape index (κ1) is 12.0.